The molecule has 0 bridgehead atoms. The fourth-order valence-corrected chi connectivity index (χ4v) is 2.66. The Kier molecular flexibility index (Phi) is 4.66. The summed E-state index contributed by atoms with van der Waals surface area (Å²) in [6, 6.07) is 11.5. The molecule has 4 heteroatoms. The van der Waals surface area contributed by atoms with Crippen LogP contribution in [-0.4, -0.2) is 5.11 Å². The Bertz CT molecular complexity index is 595. The molecule has 0 saturated heterocycles. The van der Waals surface area contributed by atoms with E-state index in [0.717, 1.165) is 31.6 Å². The van der Waals surface area contributed by atoms with Crippen LogP contribution in [0.4, 0.5) is 0 Å². The minimum atomic E-state index is -0.486. The predicted octanol–water partition coefficient (Wildman–Crippen LogP) is 5.37. The second-order valence-corrected chi connectivity index (χ2v) is 6.15. The summed E-state index contributed by atoms with van der Waals surface area (Å²) in [6.07, 6.45) is -0.486. The van der Waals surface area contributed by atoms with E-state index in [2.05, 4.69) is 31.9 Å². The first kappa shape index (κ1) is 14.6. The molecule has 2 rings (SSSR count). The lowest BCUT2D eigenvalue weighted by molar-refractivity contribution is 0.199. The number of ether oxygens (including phenoxy) is 1. The van der Waals surface area contributed by atoms with Gasteiger partial charge < -0.3 is 9.84 Å². The number of rotatable bonds is 3. The zero-order valence-corrected chi connectivity index (χ0v) is 13.8. The Morgan fingerprint density at radius 1 is 1.05 bits per heavy atom. The molecule has 19 heavy (non-hydrogen) atoms. The molecule has 2 aromatic carbocycles. The van der Waals surface area contributed by atoms with Crippen LogP contribution in [0.3, 0.4) is 0 Å². The molecule has 1 atom stereocenters. The van der Waals surface area contributed by atoms with Gasteiger partial charge in [-0.2, -0.15) is 0 Å². The van der Waals surface area contributed by atoms with Crippen LogP contribution in [-0.2, 0) is 0 Å². The molecule has 0 aliphatic carbocycles. The van der Waals surface area contributed by atoms with Gasteiger partial charge in [0.25, 0.3) is 0 Å². The first-order valence-corrected chi connectivity index (χ1v) is 7.47. The fraction of sp³-hybridized carbons (Fsp3) is 0.200. The van der Waals surface area contributed by atoms with E-state index in [1.165, 1.54) is 0 Å². The van der Waals surface area contributed by atoms with Crippen molar-refractivity contribution in [3.05, 3.63) is 56.5 Å². The molecular formula is C15H14Br2O2. The van der Waals surface area contributed by atoms with E-state index >= 15 is 0 Å². The molecule has 0 aliphatic heterocycles. The van der Waals surface area contributed by atoms with Gasteiger partial charge in [0.15, 0.2) is 0 Å². The van der Waals surface area contributed by atoms with Crippen LogP contribution in [0.15, 0.2) is 45.3 Å². The number of aliphatic hydroxyl groups is 1. The van der Waals surface area contributed by atoms with Crippen molar-refractivity contribution in [1.82, 2.24) is 0 Å². The van der Waals surface area contributed by atoms with Crippen molar-refractivity contribution in [3.8, 4) is 11.5 Å². The van der Waals surface area contributed by atoms with E-state index in [0.29, 0.717) is 0 Å². The van der Waals surface area contributed by atoms with Crippen LogP contribution in [0.1, 0.15) is 24.2 Å². The van der Waals surface area contributed by atoms with Crippen LogP contribution >= 0.6 is 31.9 Å². The average molecular weight is 386 g/mol. The summed E-state index contributed by atoms with van der Waals surface area (Å²) in [5, 5.41) is 9.54. The summed E-state index contributed by atoms with van der Waals surface area (Å²) in [7, 11) is 0. The minimum Gasteiger partial charge on any atom is -0.456 e. The number of hydrogen-bond donors (Lipinski definition) is 1. The topological polar surface area (TPSA) is 29.5 Å². The maximum atomic E-state index is 9.54. The van der Waals surface area contributed by atoms with Crippen LogP contribution in [0.25, 0.3) is 0 Å². The van der Waals surface area contributed by atoms with Gasteiger partial charge in [0.2, 0.25) is 0 Å². The minimum absolute atomic E-state index is 0.486. The van der Waals surface area contributed by atoms with Crippen LogP contribution in [0.2, 0.25) is 0 Å². The molecule has 0 aliphatic rings. The van der Waals surface area contributed by atoms with Gasteiger partial charge >= 0.3 is 0 Å². The van der Waals surface area contributed by atoms with E-state index in [-0.39, 0.29) is 0 Å². The summed E-state index contributed by atoms with van der Waals surface area (Å²) in [6.45, 7) is 3.74. The molecule has 0 unspecified atom stereocenters. The quantitative estimate of drug-likeness (QED) is 0.769. The van der Waals surface area contributed by atoms with E-state index in [4.69, 9.17) is 4.74 Å². The van der Waals surface area contributed by atoms with Crippen molar-refractivity contribution in [2.24, 2.45) is 0 Å². The zero-order valence-electron chi connectivity index (χ0n) is 10.7. The summed E-state index contributed by atoms with van der Waals surface area (Å²) in [5.41, 5.74) is 1.91. The first-order valence-electron chi connectivity index (χ1n) is 5.89. The van der Waals surface area contributed by atoms with Crippen molar-refractivity contribution in [2.75, 3.05) is 0 Å². The van der Waals surface area contributed by atoms with Gasteiger partial charge in [0.1, 0.15) is 11.5 Å². The van der Waals surface area contributed by atoms with Gasteiger partial charge in [-0.05, 0) is 71.2 Å². The third-order valence-corrected chi connectivity index (χ3v) is 3.91. The Morgan fingerprint density at radius 3 is 2.32 bits per heavy atom. The Hall–Kier alpha value is -0.840. The maximum Gasteiger partial charge on any atom is 0.141 e. The van der Waals surface area contributed by atoms with E-state index in [1.54, 1.807) is 6.92 Å². The molecule has 0 fully saturated rings. The molecule has 0 aromatic heterocycles. The highest BCUT2D eigenvalue weighted by Crippen LogP contribution is 2.34. The Labute approximate surface area is 129 Å². The summed E-state index contributed by atoms with van der Waals surface area (Å²) < 4.78 is 7.74. The SMILES string of the molecule is Cc1cc(Br)ccc1Oc1ccc([C@@H](C)O)cc1Br. The fourth-order valence-electron chi connectivity index (χ4n) is 1.71. The first-order chi connectivity index (χ1) is 8.97. The number of halogens is 2. The number of aryl methyl sites for hydroxylation is 1. The second-order valence-electron chi connectivity index (χ2n) is 4.38. The molecule has 1 N–H and O–H groups in total. The van der Waals surface area contributed by atoms with E-state index < -0.39 is 6.10 Å². The largest absolute Gasteiger partial charge is 0.456 e. The highest BCUT2D eigenvalue weighted by Gasteiger charge is 2.08. The smallest absolute Gasteiger partial charge is 0.141 e. The van der Waals surface area contributed by atoms with Gasteiger partial charge in [-0.15, -0.1) is 0 Å². The highest BCUT2D eigenvalue weighted by atomic mass is 79.9. The molecule has 0 spiro atoms. The second kappa shape index (κ2) is 6.07. The standard InChI is InChI=1S/C15H14Br2O2/c1-9-7-12(16)4-6-14(9)19-15-5-3-11(10(2)18)8-13(15)17/h3-8,10,18H,1-2H3/t10-/m1/s1. The molecule has 0 saturated carbocycles. The van der Waals surface area contributed by atoms with Crippen LogP contribution in [0, 0.1) is 6.92 Å². The van der Waals surface area contributed by atoms with E-state index in [1.807, 2.05) is 43.3 Å². The van der Waals surface area contributed by atoms with Gasteiger partial charge in [-0.1, -0.05) is 22.0 Å². The van der Waals surface area contributed by atoms with Crippen molar-refractivity contribution in [1.29, 1.82) is 0 Å². The maximum absolute atomic E-state index is 9.54. The molecule has 0 amide bonds. The highest BCUT2D eigenvalue weighted by molar-refractivity contribution is 9.10. The third kappa shape index (κ3) is 3.59. The lowest BCUT2D eigenvalue weighted by Gasteiger charge is -2.12. The predicted molar refractivity (Wildman–Crippen MR) is 83.7 cm³/mol. The lowest BCUT2D eigenvalue weighted by Crippen LogP contribution is -1.93. The van der Waals surface area contributed by atoms with E-state index in [9.17, 15) is 5.11 Å². The van der Waals surface area contributed by atoms with Gasteiger partial charge in [0, 0.05) is 4.47 Å². The van der Waals surface area contributed by atoms with Crippen molar-refractivity contribution in [3.63, 3.8) is 0 Å². The van der Waals surface area contributed by atoms with Crippen LogP contribution < -0.4 is 4.74 Å². The average Bonchev–Trinajstić information content (AvgIpc) is 2.34. The molecule has 0 heterocycles. The van der Waals surface area contributed by atoms with Crippen molar-refractivity contribution in [2.45, 2.75) is 20.0 Å². The van der Waals surface area contributed by atoms with Crippen molar-refractivity contribution < 1.29 is 9.84 Å². The molecule has 100 valence electrons. The summed E-state index contributed by atoms with van der Waals surface area (Å²) >= 11 is 6.90. The Morgan fingerprint density at radius 2 is 1.74 bits per heavy atom. The van der Waals surface area contributed by atoms with Crippen LogP contribution in [0.5, 0.6) is 11.5 Å². The van der Waals surface area contributed by atoms with Crippen molar-refractivity contribution >= 4 is 31.9 Å². The Balaban J connectivity index is 2.28. The zero-order chi connectivity index (χ0) is 14.0. The monoisotopic (exact) mass is 384 g/mol. The summed E-state index contributed by atoms with van der Waals surface area (Å²) in [4.78, 5) is 0. The number of aliphatic hydroxyl groups excluding tert-OH is 1. The molecule has 2 aromatic rings. The van der Waals surface area contributed by atoms with Gasteiger partial charge in [-0.3, -0.25) is 0 Å². The normalized spacial score (nSPS) is 12.3. The van der Waals surface area contributed by atoms with Gasteiger partial charge in [0.05, 0.1) is 10.6 Å². The number of benzene rings is 2. The number of hydrogen-bond acceptors (Lipinski definition) is 2. The lowest BCUT2D eigenvalue weighted by atomic mass is 10.1. The van der Waals surface area contributed by atoms with Gasteiger partial charge in [-0.25, -0.2) is 0 Å². The third-order valence-electron chi connectivity index (χ3n) is 2.80. The summed E-state index contributed by atoms with van der Waals surface area (Å²) in [5.74, 6) is 1.54. The molecule has 0 radical (unpaired) electrons. The molecular weight excluding hydrogens is 372 g/mol. The molecule has 2 nitrogen and oxygen atoms in total.